The Balaban J connectivity index is 2.17. The van der Waals surface area contributed by atoms with Crippen LogP contribution in [0.5, 0.6) is 11.6 Å². The van der Waals surface area contributed by atoms with E-state index >= 15 is 0 Å². The highest BCUT2D eigenvalue weighted by atomic mass is 16.6. The molecule has 0 spiro atoms. The van der Waals surface area contributed by atoms with Crippen molar-refractivity contribution in [2.75, 3.05) is 0 Å². The molecule has 22 heavy (non-hydrogen) atoms. The standard InChI is InChI=1S/C16H13N3O3/c1-10-5-3-6-12(9-10)22-16-13-7-4-8-14(19(20)21)15(13)17-11(2)18-16/h3-9H,1-2H3. The molecule has 0 fully saturated rings. The second-order valence-corrected chi connectivity index (χ2v) is 4.92. The van der Waals surface area contributed by atoms with Crippen molar-refractivity contribution in [3.8, 4) is 11.6 Å². The summed E-state index contributed by atoms with van der Waals surface area (Å²) >= 11 is 0. The minimum Gasteiger partial charge on any atom is -0.438 e. The minimum absolute atomic E-state index is 0.0582. The molecule has 0 atom stereocenters. The number of nitro benzene ring substituents is 1. The molecule has 6 nitrogen and oxygen atoms in total. The van der Waals surface area contributed by atoms with Crippen LogP contribution in [0.2, 0.25) is 0 Å². The van der Waals surface area contributed by atoms with Gasteiger partial charge in [0.15, 0.2) is 5.52 Å². The zero-order valence-corrected chi connectivity index (χ0v) is 12.1. The van der Waals surface area contributed by atoms with Gasteiger partial charge in [-0.05, 0) is 37.6 Å². The Morgan fingerprint density at radius 1 is 1.09 bits per heavy atom. The van der Waals surface area contributed by atoms with Gasteiger partial charge in [0.2, 0.25) is 5.88 Å². The van der Waals surface area contributed by atoms with E-state index in [2.05, 4.69) is 9.97 Å². The van der Waals surface area contributed by atoms with Crippen molar-refractivity contribution < 1.29 is 9.66 Å². The summed E-state index contributed by atoms with van der Waals surface area (Å²) in [4.78, 5) is 19.1. The molecule has 0 bridgehead atoms. The van der Waals surface area contributed by atoms with Crippen LogP contribution in [0.15, 0.2) is 42.5 Å². The van der Waals surface area contributed by atoms with E-state index in [1.54, 1.807) is 19.1 Å². The smallest absolute Gasteiger partial charge is 0.295 e. The van der Waals surface area contributed by atoms with Gasteiger partial charge in [-0.2, -0.15) is 4.98 Å². The Morgan fingerprint density at radius 3 is 2.59 bits per heavy atom. The third kappa shape index (κ3) is 2.58. The van der Waals surface area contributed by atoms with Crippen LogP contribution in [0, 0.1) is 24.0 Å². The third-order valence-electron chi connectivity index (χ3n) is 3.18. The number of non-ortho nitro benzene ring substituents is 1. The lowest BCUT2D eigenvalue weighted by Crippen LogP contribution is -1.98. The van der Waals surface area contributed by atoms with Crippen molar-refractivity contribution in [2.24, 2.45) is 0 Å². The number of nitro groups is 1. The second-order valence-electron chi connectivity index (χ2n) is 4.92. The molecular formula is C16H13N3O3. The maximum atomic E-state index is 11.1. The molecule has 0 unspecified atom stereocenters. The maximum absolute atomic E-state index is 11.1. The number of nitrogens with zero attached hydrogens (tertiary/aromatic N) is 3. The fraction of sp³-hybridized carbons (Fsp3) is 0.125. The molecule has 0 radical (unpaired) electrons. The van der Waals surface area contributed by atoms with Gasteiger partial charge >= 0.3 is 0 Å². The van der Waals surface area contributed by atoms with E-state index in [0.29, 0.717) is 22.8 Å². The summed E-state index contributed by atoms with van der Waals surface area (Å²) in [5.41, 5.74) is 1.28. The molecule has 6 heteroatoms. The molecule has 0 saturated heterocycles. The summed E-state index contributed by atoms with van der Waals surface area (Å²) in [6, 6.07) is 12.3. The van der Waals surface area contributed by atoms with Crippen LogP contribution in [0.3, 0.4) is 0 Å². The first-order valence-corrected chi connectivity index (χ1v) is 6.71. The Labute approximate surface area is 126 Å². The number of fused-ring (bicyclic) bond motifs is 1. The fourth-order valence-corrected chi connectivity index (χ4v) is 2.23. The van der Waals surface area contributed by atoms with E-state index in [1.807, 2.05) is 31.2 Å². The van der Waals surface area contributed by atoms with Crippen molar-refractivity contribution >= 4 is 16.6 Å². The normalized spacial score (nSPS) is 10.6. The molecule has 2 aromatic carbocycles. The third-order valence-corrected chi connectivity index (χ3v) is 3.18. The number of aromatic nitrogens is 2. The zero-order chi connectivity index (χ0) is 15.7. The lowest BCUT2D eigenvalue weighted by Gasteiger charge is -2.09. The molecule has 0 aliphatic heterocycles. The average Bonchev–Trinajstić information content (AvgIpc) is 2.46. The molecule has 1 heterocycles. The molecular weight excluding hydrogens is 282 g/mol. The number of ether oxygens (including phenoxy) is 1. The summed E-state index contributed by atoms with van der Waals surface area (Å²) in [5.74, 6) is 1.37. The molecule has 3 rings (SSSR count). The van der Waals surface area contributed by atoms with E-state index < -0.39 is 4.92 Å². The van der Waals surface area contributed by atoms with Gasteiger partial charge in [0.05, 0.1) is 10.3 Å². The van der Waals surface area contributed by atoms with Gasteiger partial charge in [0.25, 0.3) is 5.69 Å². The predicted molar refractivity (Wildman–Crippen MR) is 82.2 cm³/mol. The van der Waals surface area contributed by atoms with Crippen molar-refractivity contribution in [3.63, 3.8) is 0 Å². The molecule has 110 valence electrons. The molecule has 0 N–H and O–H groups in total. The Hall–Kier alpha value is -3.02. The highest BCUT2D eigenvalue weighted by Crippen LogP contribution is 2.32. The molecule has 0 aliphatic carbocycles. The number of hydrogen-bond donors (Lipinski definition) is 0. The van der Waals surface area contributed by atoms with Gasteiger partial charge in [-0.1, -0.05) is 18.2 Å². The van der Waals surface area contributed by atoms with E-state index in [-0.39, 0.29) is 11.2 Å². The quantitative estimate of drug-likeness (QED) is 0.540. The number of hydrogen-bond acceptors (Lipinski definition) is 5. The van der Waals surface area contributed by atoms with Crippen LogP contribution in [-0.2, 0) is 0 Å². The van der Waals surface area contributed by atoms with Crippen molar-refractivity contribution in [1.82, 2.24) is 9.97 Å². The second kappa shape index (κ2) is 5.40. The van der Waals surface area contributed by atoms with Crippen LogP contribution in [0.1, 0.15) is 11.4 Å². The van der Waals surface area contributed by atoms with Gasteiger partial charge in [-0.25, -0.2) is 4.98 Å². The van der Waals surface area contributed by atoms with Gasteiger partial charge in [0, 0.05) is 6.07 Å². The van der Waals surface area contributed by atoms with Gasteiger partial charge in [0.1, 0.15) is 11.6 Å². The van der Waals surface area contributed by atoms with Crippen LogP contribution < -0.4 is 4.74 Å². The average molecular weight is 295 g/mol. The summed E-state index contributed by atoms with van der Waals surface area (Å²) in [6.45, 7) is 3.64. The zero-order valence-electron chi connectivity index (χ0n) is 12.1. The summed E-state index contributed by atoms with van der Waals surface area (Å²) in [7, 11) is 0. The van der Waals surface area contributed by atoms with E-state index in [0.717, 1.165) is 5.56 Å². The largest absolute Gasteiger partial charge is 0.438 e. The van der Waals surface area contributed by atoms with Gasteiger partial charge < -0.3 is 4.74 Å². The van der Waals surface area contributed by atoms with Crippen LogP contribution >= 0.6 is 0 Å². The first-order valence-electron chi connectivity index (χ1n) is 6.71. The fourth-order valence-electron chi connectivity index (χ4n) is 2.23. The van der Waals surface area contributed by atoms with Crippen molar-refractivity contribution in [1.29, 1.82) is 0 Å². The number of aryl methyl sites for hydroxylation is 2. The van der Waals surface area contributed by atoms with E-state index in [4.69, 9.17) is 4.74 Å². The van der Waals surface area contributed by atoms with Crippen molar-refractivity contribution in [3.05, 3.63) is 64.0 Å². The highest BCUT2D eigenvalue weighted by molar-refractivity contribution is 5.90. The van der Waals surface area contributed by atoms with Crippen LogP contribution in [0.25, 0.3) is 10.9 Å². The first-order chi connectivity index (χ1) is 10.5. The monoisotopic (exact) mass is 295 g/mol. The van der Waals surface area contributed by atoms with Crippen LogP contribution in [-0.4, -0.2) is 14.9 Å². The Morgan fingerprint density at radius 2 is 1.86 bits per heavy atom. The summed E-state index contributed by atoms with van der Waals surface area (Å²) in [6.07, 6.45) is 0. The van der Waals surface area contributed by atoms with Gasteiger partial charge in [-0.15, -0.1) is 0 Å². The van der Waals surface area contributed by atoms with Crippen LogP contribution in [0.4, 0.5) is 5.69 Å². The van der Waals surface area contributed by atoms with Crippen molar-refractivity contribution in [2.45, 2.75) is 13.8 Å². The number of rotatable bonds is 3. The first kappa shape index (κ1) is 13.9. The Kier molecular flexibility index (Phi) is 3.42. The van der Waals surface area contributed by atoms with E-state index in [1.165, 1.54) is 6.07 Å². The minimum atomic E-state index is -0.453. The SMILES string of the molecule is Cc1cccc(Oc2nc(C)nc3c([N+](=O)[O-])cccc23)c1. The molecule has 0 aliphatic rings. The molecule has 3 aromatic rings. The Bertz CT molecular complexity index is 878. The topological polar surface area (TPSA) is 78.2 Å². The lowest BCUT2D eigenvalue weighted by molar-refractivity contribution is -0.383. The number of benzene rings is 2. The molecule has 1 aromatic heterocycles. The van der Waals surface area contributed by atoms with E-state index in [9.17, 15) is 10.1 Å². The molecule has 0 saturated carbocycles. The number of para-hydroxylation sites is 1. The maximum Gasteiger partial charge on any atom is 0.295 e. The van der Waals surface area contributed by atoms with Gasteiger partial charge in [-0.3, -0.25) is 10.1 Å². The lowest BCUT2D eigenvalue weighted by atomic mass is 10.2. The molecule has 0 amide bonds. The summed E-state index contributed by atoms with van der Waals surface area (Å²) in [5, 5.41) is 11.7. The predicted octanol–water partition coefficient (Wildman–Crippen LogP) is 3.95. The summed E-state index contributed by atoms with van der Waals surface area (Å²) < 4.78 is 5.81. The highest BCUT2D eigenvalue weighted by Gasteiger charge is 2.17.